The highest BCUT2D eigenvalue weighted by atomic mass is 16.5. The lowest BCUT2D eigenvalue weighted by molar-refractivity contribution is 0.122. The molecule has 0 bridgehead atoms. The van der Waals surface area contributed by atoms with Gasteiger partial charge in [0.1, 0.15) is 0 Å². The van der Waals surface area contributed by atoms with E-state index in [0.29, 0.717) is 6.04 Å². The highest BCUT2D eigenvalue weighted by Crippen LogP contribution is 2.03. The SMILES string of the molecule is CCNCCCN(CCOC)C(C)CC. The largest absolute Gasteiger partial charge is 0.383 e. The van der Waals surface area contributed by atoms with Crippen LogP contribution in [0.1, 0.15) is 33.6 Å². The first-order chi connectivity index (χ1) is 7.26. The molecule has 0 spiro atoms. The summed E-state index contributed by atoms with van der Waals surface area (Å²) in [7, 11) is 1.77. The molecular weight excluding hydrogens is 188 g/mol. The van der Waals surface area contributed by atoms with Crippen LogP contribution in [0.25, 0.3) is 0 Å². The zero-order valence-electron chi connectivity index (χ0n) is 10.9. The number of hydrogen-bond donors (Lipinski definition) is 1. The normalized spacial score (nSPS) is 13.4. The Morgan fingerprint density at radius 2 is 2.00 bits per heavy atom. The molecule has 0 aromatic carbocycles. The van der Waals surface area contributed by atoms with Crippen LogP contribution in [0.5, 0.6) is 0 Å². The first-order valence-corrected chi connectivity index (χ1v) is 6.19. The van der Waals surface area contributed by atoms with Crippen molar-refractivity contribution < 1.29 is 4.74 Å². The molecule has 1 unspecified atom stereocenters. The van der Waals surface area contributed by atoms with Crippen LogP contribution in [0, 0.1) is 0 Å². The van der Waals surface area contributed by atoms with Crippen molar-refractivity contribution >= 4 is 0 Å². The average molecular weight is 216 g/mol. The maximum absolute atomic E-state index is 5.14. The molecule has 15 heavy (non-hydrogen) atoms. The van der Waals surface area contributed by atoms with E-state index in [1.165, 1.54) is 19.4 Å². The van der Waals surface area contributed by atoms with E-state index in [2.05, 4.69) is 31.0 Å². The second-order valence-electron chi connectivity index (χ2n) is 3.99. The van der Waals surface area contributed by atoms with Gasteiger partial charge in [0.15, 0.2) is 0 Å². The molecular formula is C12H28N2O. The van der Waals surface area contributed by atoms with Crippen LogP contribution in [0.4, 0.5) is 0 Å². The minimum absolute atomic E-state index is 0.668. The van der Waals surface area contributed by atoms with Gasteiger partial charge >= 0.3 is 0 Å². The smallest absolute Gasteiger partial charge is 0.0589 e. The zero-order chi connectivity index (χ0) is 11.5. The van der Waals surface area contributed by atoms with Gasteiger partial charge in [-0.3, -0.25) is 4.90 Å². The van der Waals surface area contributed by atoms with Gasteiger partial charge < -0.3 is 10.1 Å². The van der Waals surface area contributed by atoms with Crippen LogP contribution in [-0.2, 0) is 4.74 Å². The maximum atomic E-state index is 5.14. The van der Waals surface area contributed by atoms with Gasteiger partial charge in [0.05, 0.1) is 6.61 Å². The summed E-state index contributed by atoms with van der Waals surface area (Å²) in [5.41, 5.74) is 0. The van der Waals surface area contributed by atoms with Crippen LogP contribution in [0.15, 0.2) is 0 Å². The monoisotopic (exact) mass is 216 g/mol. The molecule has 3 nitrogen and oxygen atoms in total. The van der Waals surface area contributed by atoms with Crippen LogP contribution in [0.3, 0.4) is 0 Å². The molecule has 0 rings (SSSR count). The van der Waals surface area contributed by atoms with Crippen molar-refractivity contribution in [1.82, 2.24) is 10.2 Å². The van der Waals surface area contributed by atoms with E-state index in [4.69, 9.17) is 4.74 Å². The van der Waals surface area contributed by atoms with Gasteiger partial charge in [0.25, 0.3) is 0 Å². The fourth-order valence-corrected chi connectivity index (χ4v) is 1.60. The summed E-state index contributed by atoms with van der Waals surface area (Å²) >= 11 is 0. The van der Waals surface area contributed by atoms with Crippen molar-refractivity contribution in [3.05, 3.63) is 0 Å². The predicted molar refractivity (Wildman–Crippen MR) is 66.4 cm³/mol. The second-order valence-corrected chi connectivity index (χ2v) is 3.99. The lowest BCUT2D eigenvalue weighted by Gasteiger charge is -2.28. The van der Waals surface area contributed by atoms with Crippen molar-refractivity contribution in [2.75, 3.05) is 39.9 Å². The van der Waals surface area contributed by atoms with Crippen molar-refractivity contribution in [2.45, 2.75) is 39.7 Å². The van der Waals surface area contributed by atoms with Gasteiger partial charge in [0.2, 0.25) is 0 Å². The lowest BCUT2D eigenvalue weighted by atomic mass is 10.2. The molecule has 0 radical (unpaired) electrons. The summed E-state index contributed by atoms with van der Waals surface area (Å²) < 4.78 is 5.14. The van der Waals surface area contributed by atoms with Crippen molar-refractivity contribution in [3.63, 3.8) is 0 Å². The first kappa shape index (κ1) is 14.9. The predicted octanol–water partition coefficient (Wildman–Crippen LogP) is 1.73. The second kappa shape index (κ2) is 10.4. The number of rotatable bonds is 10. The molecule has 3 heteroatoms. The molecule has 0 fully saturated rings. The van der Waals surface area contributed by atoms with E-state index in [1.54, 1.807) is 7.11 Å². The maximum Gasteiger partial charge on any atom is 0.0589 e. The minimum Gasteiger partial charge on any atom is -0.383 e. The van der Waals surface area contributed by atoms with Gasteiger partial charge in [-0.05, 0) is 39.4 Å². The number of ether oxygens (including phenoxy) is 1. The Kier molecular flexibility index (Phi) is 10.3. The quantitative estimate of drug-likeness (QED) is 0.563. The topological polar surface area (TPSA) is 24.5 Å². The summed E-state index contributed by atoms with van der Waals surface area (Å²) in [4.78, 5) is 2.51. The average Bonchev–Trinajstić information content (AvgIpc) is 2.27. The molecule has 0 heterocycles. The van der Waals surface area contributed by atoms with Crippen LogP contribution >= 0.6 is 0 Å². The van der Waals surface area contributed by atoms with E-state index in [9.17, 15) is 0 Å². The fraction of sp³-hybridized carbons (Fsp3) is 1.00. The molecule has 0 saturated heterocycles. The van der Waals surface area contributed by atoms with E-state index >= 15 is 0 Å². The number of nitrogens with one attached hydrogen (secondary N) is 1. The summed E-state index contributed by atoms with van der Waals surface area (Å²) in [6.45, 7) is 11.9. The highest BCUT2D eigenvalue weighted by molar-refractivity contribution is 4.66. The zero-order valence-corrected chi connectivity index (χ0v) is 10.9. The standard InChI is InChI=1S/C12H28N2O/c1-5-12(3)14(10-11-15-4)9-7-8-13-6-2/h12-13H,5-11H2,1-4H3. The molecule has 0 aliphatic rings. The Bertz CT molecular complexity index is 131. The Hall–Kier alpha value is -0.120. The molecule has 0 aliphatic carbocycles. The third kappa shape index (κ3) is 7.77. The molecule has 0 aromatic rings. The lowest BCUT2D eigenvalue weighted by Crippen LogP contribution is -2.37. The summed E-state index contributed by atoms with van der Waals surface area (Å²) in [5, 5.41) is 3.36. The molecule has 92 valence electrons. The van der Waals surface area contributed by atoms with Crippen molar-refractivity contribution in [1.29, 1.82) is 0 Å². The van der Waals surface area contributed by atoms with E-state index in [1.807, 2.05) is 0 Å². The van der Waals surface area contributed by atoms with E-state index < -0.39 is 0 Å². The third-order valence-corrected chi connectivity index (χ3v) is 2.85. The number of hydrogen-bond acceptors (Lipinski definition) is 3. The Morgan fingerprint density at radius 1 is 1.27 bits per heavy atom. The molecule has 0 amide bonds. The van der Waals surface area contributed by atoms with Crippen LogP contribution < -0.4 is 5.32 Å². The van der Waals surface area contributed by atoms with Crippen LogP contribution in [-0.4, -0.2) is 50.8 Å². The van der Waals surface area contributed by atoms with E-state index in [0.717, 1.165) is 26.2 Å². The van der Waals surface area contributed by atoms with Crippen LogP contribution in [0.2, 0.25) is 0 Å². The Labute approximate surface area is 95.2 Å². The molecule has 0 aliphatic heterocycles. The third-order valence-electron chi connectivity index (χ3n) is 2.85. The number of nitrogens with zero attached hydrogens (tertiary/aromatic N) is 1. The van der Waals surface area contributed by atoms with Crippen molar-refractivity contribution in [2.24, 2.45) is 0 Å². The molecule has 0 aromatic heterocycles. The summed E-state index contributed by atoms with van der Waals surface area (Å²) in [5.74, 6) is 0. The molecule has 0 saturated carbocycles. The van der Waals surface area contributed by atoms with Gasteiger partial charge in [0, 0.05) is 19.7 Å². The van der Waals surface area contributed by atoms with Crippen molar-refractivity contribution in [3.8, 4) is 0 Å². The summed E-state index contributed by atoms with van der Waals surface area (Å²) in [6, 6.07) is 0.668. The number of methoxy groups -OCH3 is 1. The fourth-order valence-electron chi connectivity index (χ4n) is 1.60. The Morgan fingerprint density at radius 3 is 2.53 bits per heavy atom. The van der Waals surface area contributed by atoms with Gasteiger partial charge in [-0.2, -0.15) is 0 Å². The molecule has 1 atom stereocenters. The van der Waals surface area contributed by atoms with Gasteiger partial charge in [-0.1, -0.05) is 13.8 Å². The molecule has 1 N–H and O–H groups in total. The van der Waals surface area contributed by atoms with Gasteiger partial charge in [-0.25, -0.2) is 0 Å². The summed E-state index contributed by atoms with van der Waals surface area (Å²) in [6.07, 6.45) is 2.44. The highest BCUT2D eigenvalue weighted by Gasteiger charge is 2.10. The first-order valence-electron chi connectivity index (χ1n) is 6.19. The Balaban J connectivity index is 3.69. The van der Waals surface area contributed by atoms with Gasteiger partial charge in [-0.15, -0.1) is 0 Å². The minimum atomic E-state index is 0.668. The van der Waals surface area contributed by atoms with E-state index in [-0.39, 0.29) is 0 Å².